The minimum Gasteiger partial charge on any atom is -0.493 e. The maximum atomic E-state index is 14.3. The van der Waals surface area contributed by atoms with Gasteiger partial charge in [0.15, 0.2) is 11.5 Å². The molecular formula is C44H48N4O5S2. The number of nitrogens with zero attached hydrogens (tertiary/aromatic N) is 3. The summed E-state index contributed by atoms with van der Waals surface area (Å²) in [5.41, 5.74) is 7.78. The first-order chi connectivity index (χ1) is 26.5. The van der Waals surface area contributed by atoms with Crippen LogP contribution in [0.1, 0.15) is 76.9 Å². The lowest BCUT2D eigenvalue weighted by Gasteiger charge is -2.35. The molecule has 9 nitrogen and oxygen atoms in total. The summed E-state index contributed by atoms with van der Waals surface area (Å²) in [6.45, 7) is 7.46. The van der Waals surface area contributed by atoms with Gasteiger partial charge in [0.2, 0.25) is 0 Å². The highest BCUT2D eigenvalue weighted by atomic mass is 32.8. The molecule has 55 heavy (non-hydrogen) atoms. The molecule has 1 N–H and O–H groups in total. The van der Waals surface area contributed by atoms with Crippen LogP contribution in [0.25, 0.3) is 0 Å². The molecule has 0 fully saturated rings. The lowest BCUT2D eigenvalue weighted by Crippen LogP contribution is -2.49. The third kappa shape index (κ3) is 7.01. The Hall–Kier alpha value is -4.74. The summed E-state index contributed by atoms with van der Waals surface area (Å²) in [6.07, 6.45) is 8.94. The highest BCUT2D eigenvalue weighted by Crippen LogP contribution is 2.44. The summed E-state index contributed by atoms with van der Waals surface area (Å²) in [5.74, 6) is 1.82. The van der Waals surface area contributed by atoms with Crippen molar-refractivity contribution in [2.24, 2.45) is 4.99 Å². The Morgan fingerprint density at radius 2 is 1.49 bits per heavy atom. The van der Waals surface area contributed by atoms with E-state index >= 15 is 0 Å². The summed E-state index contributed by atoms with van der Waals surface area (Å²) in [6, 6.07) is 23.7. The summed E-state index contributed by atoms with van der Waals surface area (Å²) in [7, 11) is 1.38. The Labute approximate surface area is 330 Å². The van der Waals surface area contributed by atoms with Crippen LogP contribution in [0.3, 0.4) is 0 Å². The second kappa shape index (κ2) is 15.1. The molecular weight excluding hydrogens is 729 g/mol. The largest absolute Gasteiger partial charge is 0.493 e. The molecule has 4 aromatic carbocycles. The second-order valence-electron chi connectivity index (χ2n) is 15.5. The van der Waals surface area contributed by atoms with Crippen LogP contribution in [-0.4, -0.2) is 67.5 Å². The van der Waals surface area contributed by atoms with Crippen LogP contribution >= 0.6 is 0 Å². The zero-order chi connectivity index (χ0) is 38.4. The van der Waals surface area contributed by atoms with E-state index in [-0.39, 0.29) is 44.1 Å². The number of unbranched alkanes of at least 4 members (excludes halogenated alkanes) is 2. The SMILES string of the molecule is COc1cc2c(cc1OCCCCCOc1cc3c(cc1C)C(=O)N1c4ccccc4C[C@H]1C=N3)NC(CC(C)(C)S(C)=S)[C@@H]1Cc3ccccc3N1C2=O. The van der Waals surface area contributed by atoms with E-state index in [2.05, 4.69) is 37.6 Å². The molecule has 4 heterocycles. The fraction of sp³-hybridized carbons (Fsp3) is 0.386. The number of amides is 2. The number of hydrogen-bond donors (Lipinski definition) is 1. The van der Waals surface area contributed by atoms with Gasteiger partial charge in [0.25, 0.3) is 11.8 Å². The minimum absolute atomic E-state index is 0.00262. The van der Waals surface area contributed by atoms with Crippen LogP contribution in [0.15, 0.2) is 77.8 Å². The molecule has 0 saturated heterocycles. The van der Waals surface area contributed by atoms with Crippen molar-refractivity contribution in [3.63, 3.8) is 0 Å². The van der Waals surface area contributed by atoms with Crippen LogP contribution in [0.2, 0.25) is 0 Å². The minimum atomic E-state index is -0.230. The van der Waals surface area contributed by atoms with E-state index in [4.69, 9.17) is 30.4 Å². The number of anilines is 3. The predicted octanol–water partition coefficient (Wildman–Crippen LogP) is 8.16. The number of carbonyl (C=O) groups excluding carboxylic acids is 2. The van der Waals surface area contributed by atoms with Crippen LogP contribution < -0.4 is 29.3 Å². The molecule has 0 bridgehead atoms. The van der Waals surface area contributed by atoms with E-state index < -0.39 is 0 Å². The molecule has 286 valence electrons. The maximum Gasteiger partial charge on any atom is 0.261 e. The molecule has 2 amide bonds. The number of hydrogen-bond acceptors (Lipinski definition) is 8. The maximum absolute atomic E-state index is 14.3. The van der Waals surface area contributed by atoms with E-state index in [9.17, 15) is 9.59 Å². The van der Waals surface area contributed by atoms with Gasteiger partial charge in [-0.1, -0.05) is 61.4 Å². The van der Waals surface area contributed by atoms with Crippen LogP contribution in [-0.2, 0) is 33.5 Å². The van der Waals surface area contributed by atoms with Gasteiger partial charge in [-0.3, -0.25) is 19.5 Å². The zero-order valence-electron chi connectivity index (χ0n) is 32.1. The number of benzene rings is 4. The van der Waals surface area contributed by atoms with E-state index in [1.807, 2.05) is 83.6 Å². The van der Waals surface area contributed by atoms with E-state index in [1.54, 1.807) is 7.11 Å². The molecule has 0 spiro atoms. The molecule has 4 aliphatic heterocycles. The molecule has 8 rings (SSSR count). The van der Waals surface area contributed by atoms with Crippen molar-refractivity contribution >= 4 is 61.4 Å². The van der Waals surface area contributed by atoms with Crippen molar-refractivity contribution in [1.29, 1.82) is 0 Å². The fourth-order valence-corrected chi connectivity index (χ4v) is 8.95. The highest BCUT2D eigenvalue weighted by Gasteiger charge is 2.44. The number of para-hydroxylation sites is 2. The lowest BCUT2D eigenvalue weighted by molar-refractivity contribution is 0.0974. The monoisotopic (exact) mass is 776 g/mol. The average Bonchev–Trinajstić information content (AvgIpc) is 3.68. The van der Waals surface area contributed by atoms with Crippen molar-refractivity contribution in [3.8, 4) is 17.2 Å². The van der Waals surface area contributed by atoms with Crippen molar-refractivity contribution in [2.45, 2.75) is 82.2 Å². The first-order valence-corrected chi connectivity index (χ1v) is 21.7. The Balaban J connectivity index is 0.901. The van der Waals surface area contributed by atoms with Crippen LogP contribution in [0.5, 0.6) is 17.2 Å². The molecule has 0 aromatic heterocycles. The topological polar surface area (TPSA) is 92.7 Å². The number of nitrogens with one attached hydrogen (secondary N) is 1. The molecule has 4 aliphatic rings. The second-order valence-corrected chi connectivity index (χ2v) is 19.1. The number of fused-ring (bicyclic) bond motifs is 8. The van der Waals surface area contributed by atoms with E-state index in [1.165, 1.54) is 11.1 Å². The molecule has 0 saturated carbocycles. The normalized spacial score (nSPS) is 19.9. The average molecular weight is 777 g/mol. The van der Waals surface area contributed by atoms with Gasteiger partial charge in [-0.2, -0.15) is 0 Å². The van der Waals surface area contributed by atoms with E-state index in [0.717, 1.165) is 66.9 Å². The number of rotatable bonds is 12. The summed E-state index contributed by atoms with van der Waals surface area (Å²) < 4.78 is 18.2. The quantitative estimate of drug-likeness (QED) is 0.145. The Kier molecular flexibility index (Phi) is 10.2. The Morgan fingerprint density at radius 3 is 2.20 bits per heavy atom. The van der Waals surface area contributed by atoms with E-state index in [0.29, 0.717) is 41.5 Å². The molecule has 0 aliphatic carbocycles. The number of carbonyl (C=O) groups is 2. The predicted molar refractivity (Wildman–Crippen MR) is 225 cm³/mol. The van der Waals surface area contributed by atoms with Gasteiger partial charge in [-0.05, 0) is 86.2 Å². The van der Waals surface area contributed by atoms with Gasteiger partial charge in [0.1, 0.15) is 5.75 Å². The fourth-order valence-electron chi connectivity index (χ4n) is 8.33. The van der Waals surface area contributed by atoms with Gasteiger partial charge in [-0.15, -0.1) is 9.45 Å². The van der Waals surface area contributed by atoms with Crippen molar-refractivity contribution in [1.82, 2.24) is 0 Å². The standard InChI is InChI=1S/C44H48N4O5S2/c1-27-19-31-33(45-26-30-20-28-13-7-9-15-36(28)47(30)42(31)49)23-39(27)52-17-11-6-12-18-53-41-24-34-32(22-40(41)51-4)43(50)48-37-16-10-8-14-29(37)21-38(48)35(46-34)25-44(2,3)55(5)54/h7-10,13-16,19,22-24,26,30,35,38,46H,6,11-12,17-18,20-21,25H2,1-5H3/t30-,35?,38-,55?/m0/s1. The number of ether oxygens (including phenoxy) is 3. The molecule has 4 aromatic rings. The van der Waals surface area contributed by atoms with Gasteiger partial charge in [-0.25, -0.2) is 0 Å². The van der Waals surface area contributed by atoms with Gasteiger partial charge >= 0.3 is 0 Å². The van der Waals surface area contributed by atoms with Crippen molar-refractivity contribution in [2.75, 3.05) is 41.7 Å². The third-order valence-electron chi connectivity index (χ3n) is 11.5. The van der Waals surface area contributed by atoms with Crippen molar-refractivity contribution in [3.05, 3.63) is 101 Å². The zero-order valence-corrected chi connectivity index (χ0v) is 33.7. The smallest absolute Gasteiger partial charge is 0.261 e. The lowest BCUT2D eigenvalue weighted by atomic mass is 9.94. The first kappa shape index (κ1) is 37.2. The summed E-state index contributed by atoms with van der Waals surface area (Å²) in [5, 5.41) is 3.79. The van der Waals surface area contributed by atoms with Gasteiger partial charge < -0.3 is 24.4 Å². The van der Waals surface area contributed by atoms with Crippen molar-refractivity contribution < 1.29 is 23.8 Å². The first-order valence-electron chi connectivity index (χ1n) is 19.1. The molecule has 4 atom stereocenters. The molecule has 0 radical (unpaired) electrons. The Morgan fingerprint density at radius 1 is 0.836 bits per heavy atom. The molecule has 11 heteroatoms. The van der Waals surface area contributed by atoms with Gasteiger partial charge in [0, 0.05) is 46.9 Å². The molecule has 2 unspecified atom stereocenters. The summed E-state index contributed by atoms with van der Waals surface area (Å²) in [4.78, 5) is 36.6. The highest BCUT2D eigenvalue weighted by molar-refractivity contribution is 8.29. The van der Waals surface area contributed by atoms with Gasteiger partial charge in [0.05, 0.1) is 54.9 Å². The number of aliphatic imine (C=N–C) groups is 1. The Bertz CT molecular complexity index is 2220. The third-order valence-corrected chi connectivity index (χ3v) is 14.6. The number of methoxy groups -OCH3 is 1. The van der Waals surface area contributed by atoms with Crippen LogP contribution in [0, 0.1) is 6.92 Å². The number of aryl methyl sites for hydroxylation is 1. The summed E-state index contributed by atoms with van der Waals surface area (Å²) >= 11 is 5.79. The van der Waals surface area contributed by atoms with Crippen LogP contribution in [0.4, 0.5) is 22.7 Å².